The van der Waals surface area contributed by atoms with Crippen molar-refractivity contribution in [3.63, 3.8) is 0 Å². The second kappa shape index (κ2) is 5.11. The Hall–Kier alpha value is -0.350. The Labute approximate surface area is 111 Å². The Morgan fingerprint density at radius 1 is 1.29 bits per heavy atom. The first-order valence-electron chi connectivity index (χ1n) is 5.23. The maximum Gasteiger partial charge on any atom is 0.129 e. The second-order valence-corrected chi connectivity index (χ2v) is 5.88. The van der Waals surface area contributed by atoms with E-state index in [1.807, 2.05) is 20.8 Å². The van der Waals surface area contributed by atoms with Gasteiger partial charge in [0.25, 0.3) is 0 Å². The fourth-order valence-electron chi connectivity index (χ4n) is 1.54. The molecule has 0 aliphatic rings. The maximum atomic E-state index is 13.7. The summed E-state index contributed by atoms with van der Waals surface area (Å²) >= 11 is 11.7. The first-order valence-corrected chi connectivity index (χ1v) is 5.99. The fourth-order valence-corrected chi connectivity index (χ4v) is 1.99. The smallest absolute Gasteiger partial charge is 0.129 e. The molecule has 1 aromatic carbocycles. The van der Waals surface area contributed by atoms with E-state index in [4.69, 9.17) is 28.9 Å². The summed E-state index contributed by atoms with van der Waals surface area (Å²) in [6.07, 6.45) is -0.923. The minimum atomic E-state index is -0.923. The number of rotatable bonds is 2. The molecule has 0 spiro atoms. The fraction of sp³-hybridized carbons (Fsp3) is 0.500. The summed E-state index contributed by atoms with van der Waals surface area (Å²) in [6.45, 7) is 5.44. The summed E-state index contributed by atoms with van der Waals surface area (Å²) in [5.74, 6) is -0.560. The lowest BCUT2D eigenvalue weighted by molar-refractivity contribution is 0.0392. The van der Waals surface area contributed by atoms with E-state index in [0.29, 0.717) is 0 Å². The molecule has 1 aromatic rings. The van der Waals surface area contributed by atoms with Crippen molar-refractivity contribution in [2.75, 3.05) is 0 Å². The lowest BCUT2D eigenvalue weighted by atomic mass is 9.82. The van der Waals surface area contributed by atoms with Crippen LogP contribution in [-0.2, 0) is 0 Å². The zero-order chi connectivity index (χ0) is 13.4. The number of hydrogen-bond donors (Lipinski definition) is 2. The van der Waals surface area contributed by atoms with Crippen LogP contribution >= 0.6 is 23.2 Å². The normalized spacial score (nSPS) is 15.8. The van der Waals surface area contributed by atoms with E-state index in [0.717, 1.165) is 0 Å². The SMILES string of the molecule is CC(C)(C)[C@H](O)[C@H](N)c1c(F)ccc(Cl)c1Cl. The van der Waals surface area contributed by atoms with Crippen molar-refractivity contribution >= 4 is 23.2 Å². The van der Waals surface area contributed by atoms with Gasteiger partial charge in [0.05, 0.1) is 22.2 Å². The third-order valence-corrected chi connectivity index (χ3v) is 3.46. The molecule has 0 saturated heterocycles. The summed E-state index contributed by atoms with van der Waals surface area (Å²) in [4.78, 5) is 0. The van der Waals surface area contributed by atoms with Gasteiger partial charge in [-0.2, -0.15) is 0 Å². The van der Waals surface area contributed by atoms with Gasteiger partial charge < -0.3 is 10.8 Å². The molecule has 0 aromatic heterocycles. The molecule has 2 nitrogen and oxygen atoms in total. The number of benzene rings is 1. The summed E-state index contributed by atoms with van der Waals surface area (Å²) in [7, 11) is 0. The molecular formula is C12H16Cl2FNO. The highest BCUT2D eigenvalue weighted by Gasteiger charge is 2.32. The highest BCUT2D eigenvalue weighted by atomic mass is 35.5. The molecule has 1 rings (SSSR count). The van der Waals surface area contributed by atoms with Crippen LogP contribution in [0, 0.1) is 11.2 Å². The van der Waals surface area contributed by atoms with Crippen molar-refractivity contribution in [2.24, 2.45) is 11.1 Å². The lowest BCUT2D eigenvalue weighted by Crippen LogP contribution is -2.37. The zero-order valence-corrected chi connectivity index (χ0v) is 11.5. The van der Waals surface area contributed by atoms with Gasteiger partial charge in [-0.1, -0.05) is 44.0 Å². The Bertz CT molecular complexity index is 418. The third-order valence-electron chi connectivity index (χ3n) is 2.64. The molecule has 0 amide bonds. The number of hydrogen-bond acceptors (Lipinski definition) is 2. The summed E-state index contributed by atoms with van der Waals surface area (Å²) in [6, 6.07) is 1.64. The molecule has 5 heteroatoms. The van der Waals surface area contributed by atoms with E-state index in [1.165, 1.54) is 12.1 Å². The Balaban J connectivity index is 3.21. The summed E-state index contributed by atoms with van der Waals surface area (Å²) < 4.78 is 13.7. The van der Waals surface area contributed by atoms with Crippen LogP contribution in [0.1, 0.15) is 32.4 Å². The molecule has 0 unspecified atom stereocenters. The van der Waals surface area contributed by atoms with Crippen molar-refractivity contribution in [2.45, 2.75) is 32.9 Å². The molecule has 0 aliphatic heterocycles. The molecular weight excluding hydrogens is 264 g/mol. The predicted octanol–water partition coefficient (Wildman–Crippen LogP) is 3.54. The van der Waals surface area contributed by atoms with E-state index in [1.54, 1.807) is 0 Å². The molecule has 0 aliphatic carbocycles. The van der Waals surface area contributed by atoms with E-state index < -0.39 is 23.4 Å². The average Bonchev–Trinajstić information content (AvgIpc) is 2.21. The first kappa shape index (κ1) is 14.7. The zero-order valence-electron chi connectivity index (χ0n) is 9.97. The second-order valence-electron chi connectivity index (χ2n) is 5.09. The quantitative estimate of drug-likeness (QED) is 0.814. The Kier molecular flexibility index (Phi) is 4.42. The van der Waals surface area contributed by atoms with Crippen LogP contribution in [0.4, 0.5) is 4.39 Å². The van der Waals surface area contributed by atoms with Crippen molar-refractivity contribution in [3.8, 4) is 0 Å². The van der Waals surface area contributed by atoms with E-state index in [-0.39, 0.29) is 15.6 Å². The third kappa shape index (κ3) is 3.10. The monoisotopic (exact) mass is 279 g/mol. The number of nitrogens with two attached hydrogens (primary N) is 1. The van der Waals surface area contributed by atoms with Gasteiger partial charge >= 0.3 is 0 Å². The molecule has 0 heterocycles. The minimum Gasteiger partial charge on any atom is -0.391 e. The molecule has 17 heavy (non-hydrogen) atoms. The molecule has 3 N–H and O–H groups in total. The largest absolute Gasteiger partial charge is 0.391 e. The first-order chi connectivity index (χ1) is 7.66. The Morgan fingerprint density at radius 2 is 1.82 bits per heavy atom. The van der Waals surface area contributed by atoms with Crippen LogP contribution in [0.5, 0.6) is 0 Å². The topological polar surface area (TPSA) is 46.2 Å². The van der Waals surface area contributed by atoms with Gasteiger partial charge in [-0.3, -0.25) is 0 Å². The summed E-state index contributed by atoms with van der Waals surface area (Å²) in [5, 5.41) is 10.3. The highest BCUT2D eigenvalue weighted by Crippen LogP contribution is 2.36. The van der Waals surface area contributed by atoms with Crippen LogP contribution < -0.4 is 5.73 Å². The summed E-state index contributed by atoms with van der Waals surface area (Å²) in [5.41, 5.74) is 5.44. The maximum absolute atomic E-state index is 13.7. The highest BCUT2D eigenvalue weighted by molar-refractivity contribution is 6.42. The number of aliphatic hydroxyl groups is 1. The van der Waals surface area contributed by atoms with Gasteiger partial charge in [-0.05, 0) is 17.5 Å². The van der Waals surface area contributed by atoms with Crippen molar-refractivity contribution in [1.29, 1.82) is 0 Å². The average molecular weight is 280 g/mol. The standard InChI is InChI=1S/C12H16Cl2FNO/c1-12(2,3)11(17)10(16)8-7(15)5-4-6(13)9(8)14/h4-5,10-11,17H,16H2,1-3H3/t10-,11-/m1/s1. The minimum absolute atomic E-state index is 0.0570. The van der Waals surface area contributed by atoms with Gasteiger partial charge in [0.2, 0.25) is 0 Å². The van der Waals surface area contributed by atoms with E-state index in [2.05, 4.69) is 0 Å². The molecule has 0 saturated carbocycles. The van der Waals surface area contributed by atoms with E-state index in [9.17, 15) is 9.50 Å². The van der Waals surface area contributed by atoms with Crippen molar-refractivity contribution in [3.05, 3.63) is 33.6 Å². The van der Waals surface area contributed by atoms with Gasteiger partial charge in [-0.25, -0.2) is 4.39 Å². The molecule has 0 radical (unpaired) electrons. The number of halogens is 3. The van der Waals surface area contributed by atoms with Crippen LogP contribution in [0.15, 0.2) is 12.1 Å². The van der Waals surface area contributed by atoms with Crippen LogP contribution in [0.3, 0.4) is 0 Å². The molecule has 96 valence electrons. The van der Waals surface area contributed by atoms with E-state index >= 15 is 0 Å². The van der Waals surface area contributed by atoms with Crippen LogP contribution in [0.25, 0.3) is 0 Å². The van der Waals surface area contributed by atoms with Gasteiger partial charge in [0.15, 0.2) is 0 Å². The van der Waals surface area contributed by atoms with Crippen molar-refractivity contribution < 1.29 is 9.50 Å². The van der Waals surface area contributed by atoms with Gasteiger partial charge in [0.1, 0.15) is 5.82 Å². The molecule has 0 bridgehead atoms. The lowest BCUT2D eigenvalue weighted by Gasteiger charge is -2.31. The number of aliphatic hydroxyl groups excluding tert-OH is 1. The molecule has 0 fully saturated rings. The molecule has 2 atom stereocenters. The van der Waals surface area contributed by atoms with Crippen LogP contribution in [-0.4, -0.2) is 11.2 Å². The van der Waals surface area contributed by atoms with Crippen LogP contribution in [0.2, 0.25) is 10.0 Å². The van der Waals surface area contributed by atoms with Gasteiger partial charge in [-0.15, -0.1) is 0 Å². The Morgan fingerprint density at radius 3 is 2.29 bits per heavy atom. The van der Waals surface area contributed by atoms with Crippen molar-refractivity contribution in [1.82, 2.24) is 0 Å². The van der Waals surface area contributed by atoms with Gasteiger partial charge in [0, 0.05) is 5.56 Å². The predicted molar refractivity (Wildman–Crippen MR) is 68.8 cm³/mol.